The largest absolute Gasteiger partial charge is 0.507 e. The number of thioether (sulfide) groups is 1. The summed E-state index contributed by atoms with van der Waals surface area (Å²) in [6, 6.07) is 12.9. The first kappa shape index (κ1) is 19.3. The molecule has 0 radical (unpaired) electrons. The Morgan fingerprint density at radius 1 is 0.931 bits per heavy atom. The molecule has 0 amide bonds. The van der Waals surface area contributed by atoms with Gasteiger partial charge < -0.3 is 24.4 Å². The first-order chi connectivity index (χ1) is 14.0. The van der Waals surface area contributed by atoms with Crippen LogP contribution in [0.1, 0.15) is 28.1 Å². The molecule has 0 aromatic heterocycles. The molecule has 0 aliphatic carbocycles. The number of methoxy groups -OCH3 is 2. The molecular weight excluding hydrogens is 392 g/mol. The minimum atomic E-state index is -0.683. The zero-order valence-corrected chi connectivity index (χ0v) is 16.9. The topological polar surface area (TPSA) is 85.2 Å². The van der Waals surface area contributed by atoms with E-state index >= 15 is 0 Å². The van der Waals surface area contributed by atoms with Crippen LogP contribution in [-0.2, 0) is 4.74 Å². The fraction of sp³-hybridized carbons (Fsp3) is 0.227. The van der Waals surface area contributed by atoms with Gasteiger partial charge in [-0.3, -0.25) is 0 Å². The van der Waals surface area contributed by atoms with Crippen LogP contribution in [0.15, 0.2) is 47.4 Å². The molecule has 3 aromatic rings. The van der Waals surface area contributed by atoms with Gasteiger partial charge in [-0.15, -0.1) is 11.8 Å². The second-order valence-electron chi connectivity index (χ2n) is 6.67. The summed E-state index contributed by atoms with van der Waals surface area (Å²) in [6.07, 6.45) is -0.514. The molecule has 7 heteroatoms. The molecule has 29 heavy (non-hydrogen) atoms. The molecule has 4 rings (SSSR count). The van der Waals surface area contributed by atoms with Crippen LogP contribution in [0.5, 0.6) is 23.0 Å². The monoisotopic (exact) mass is 412 g/mol. The van der Waals surface area contributed by atoms with Gasteiger partial charge in [0.05, 0.1) is 30.2 Å². The van der Waals surface area contributed by atoms with Crippen molar-refractivity contribution in [3.05, 3.63) is 53.6 Å². The molecule has 2 atom stereocenters. The maximum Gasteiger partial charge on any atom is 0.342 e. The summed E-state index contributed by atoms with van der Waals surface area (Å²) >= 11 is 1.45. The van der Waals surface area contributed by atoms with Crippen molar-refractivity contribution >= 4 is 28.5 Å². The van der Waals surface area contributed by atoms with Crippen LogP contribution in [0.25, 0.3) is 10.8 Å². The molecular formula is C22H20O6S. The summed E-state index contributed by atoms with van der Waals surface area (Å²) in [6.45, 7) is 1.77. The second kappa shape index (κ2) is 7.40. The van der Waals surface area contributed by atoms with E-state index in [-0.39, 0.29) is 22.4 Å². The van der Waals surface area contributed by atoms with Crippen LogP contribution in [0.2, 0.25) is 0 Å². The van der Waals surface area contributed by atoms with E-state index in [1.165, 1.54) is 26.0 Å². The summed E-state index contributed by atoms with van der Waals surface area (Å²) in [7, 11) is 2.93. The van der Waals surface area contributed by atoms with Gasteiger partial charge in [0.2, 0.25) is 0 Å². The lowest BCUT2D eigenvalue weighted by molar-refractivity contribution is 0.0287. The Bertz CT molecular complexity index is 1100. The van der Waals surface area contributed by atoms with E-state index in [0.29, 0.717) is 22.4 Å². The standard InChI is InChI=1S/C22H20O6S/c1-11-21(29-12-7-5-4-6-8-12)17-18(22(25)28-11)20(24)16-14(27-3)10-9-13(26-2)15(16)19(17)23/h4-11,21,23-24H,1-3H3. The number of rotatable bonds is 4. The summed E-state index contributed by atoms with van der Waals surface area (Å²) in [5.41, 5.74) is 0.284. The van der Waals surface area contributed by atoms with E-state index in [1.54, 1.807) is 19.1 Å². The Balaban J connectivity index is 2.04. The van der Waals surface area contributed by atoms with Crippen molar-refractivity contribution in [1.82, 2.24) is 0 Å². The van der Waals surface area contributed by atoms with Gasteiger partial charge >= 0.3 is 5.97 Å². The highest BCUT2D eigenvalue weighted by Gasteiger charge is 2.40. The average Bonchev–Trinajstić information content (AvgIpc) is 2.73. The van der Waals surface area contributed by atoms with Gasteiger partial charge in [-0.25, -0.2) is 4.79 Å². The molecule has 150 valence electrons. The molecule has 1 heterocycles. The number of esters is 1. The Labute approximate surface area is 172 Å². The first-order valence-electron chi connectivity index (χ1n) is 9.03. The Morgan fingerprint density at radius 3 is 2.10 bits per heavy atom. The molecule has 0 fully saturated rings. The normalized spacial score (nSPS) is 18.2. The molecule has 6 nitrogen and oxygen atoms in total. The number of cyclic esters (lactones) is 1. The fourth-order valence-corrected chi connectivity index (χ4v) is 4.89. The number of benzene rings is 3. The highest BCUT2D eigenvalue weighted by atomic mass is 32.2. The average molecular weight is 412 g/mol. The van der Waals surface area contributed by atoms with Crippen molar-refractivity contribution < 1.29 is 29.2 Å². The lowest BCUT2D eigenvalue weighted by Gasteiger charge is -2.32. The SMILES string of the molecule is COc1ccc(OC)c2c(O)c3c(c(O)c12)C(=O)OC(C)C3Sc1ccccc1. The van der Waals surface area contributed by atoms with E-state index in [4.69, 9.17) is 14.2 Å². The van der Waals surface area contributed by atoms with Crippen molar-refractivity contribution in [3.63, 3.8) is 0 Å². The number of ether oxygens (including phenoxy) is 3. The number of carbonyl (C=O) groups excluding carboxylic acids is 1. The van der Waals surface area contributed by atoms with Crippen molar-refractivity contribution in [3.8, 4) is 23.0 Å². The smallest absolute Gasteiger partial charge is 0.342 e. The van der Waals surface area contributed by atoms with Crippen LogP contribution in [0.3, 0.4) is 0 Å². The van der Waals surface area contributed by atoms with Gasteiger partial charge in [0, 0.05) is 10.5 Å². The van der Waals surface area contributed by atoms with Crippen LogP contribution in [0.4, 0.5) is 0 Å². The van der Waals surface area contributed by atoms with Crippen molar-refractivity contribution in [2.45, 2.75) is 23.2 Å². The van der Waals surface area contributed by atoms with Gasteiger partial charge in [0.15, 0.2) is 0 Å². The Hall–Kier alpha value is -3.06. The molecule has 2 unspecified atom stereocenters. The molecule has 1 aliphatic rings. The molecule has 0 spiro atoms. The van der Waals surface area contributed by atoms with Crippen molar-refractivity contribution in [1.29, 1.82) is 0 Å². The fourth-order valence-electron chi connectivity index (χ4n) is 3.69. The van der Waals surface area contributed by atoms with E-state index < -0.39 is 17.3 Å². The van der Waals surface area contributed by atoms with Gasteiger partial charge in [-0.1, -0.05) is 18.2 Å². The highest BCUT2D eigenvalue weighted by Crippen LogP contribution is 2.55. The molecule has 3 aromatic carbocycles. The summed E-state index contributed by atoms with van der Waals surface area (Å²) in [5.74, 6) is -0.418. The summed E-state index contributed by atoms with van der Waals surface area (Å²) < 4.78 is 16.3. The highest BCUT2D eigenvalue weighted by molar-refractivity contribution is 7.99. The number of aromatic hydroxyl groups is 2. The lowest BCUT2D eigenvalue weighted by Crippen LogP contribution is -2.28. The predicted octanol–water partition coefficient (Wildman–Crippen LogP) is 4.66. The second-order valence-corrected chi connectivity index (χ2v) is 7.88. The predicted molar refractivity (Wildman–Crippen MR) is 110 cm³/mol. The van der Waals surface area contributed by atoms with Crippen molar-refractivity contribution in [2.24, 2.45) is 0 Å². The maximum absolute atomic E-state index is 12.7. The van der Waals surface area contributed by atoms with E-state index in [0.717, 1.165) is 4.90 Å². The van der Waals surface area contributed by atoms with Crippen molar-refractivity contribution in [2.75, 3.05) is 14.2 Å². The molecule has 2 N–H and O–H groups in total. The van der Waals surface area contributed by atoms with Crippen LogP contribution < -0.4 is 9.47 Å². The third-order valence-electron chi connectivity index (χ3n) is 5.02. The van der Waals surface area contributed by atoms with Crippen LogP contribution in [-0.4, -0.2) is 36.5 Å². The minimum Gasteiger partial charge on any atom is -0.507 e. The number of hydrogen-bond donors (Lipinski definition) is 2. The van der Waals surface area contributed by atoms with Gasteiger partial charge in [-0.05, 0) is 31.2 Å². The third-order valence-corrected chi connectivity index (χ3v) is 6.43. The molecule has 0 bridgehead atoms. The molecule has 0 saturated heterocycles. The van der Waals surface area contributed by atoms with Crippen LogP contribution in [0, 0.1) is 0 Å². The number of fused-ring (bicyclic) bond motifs is 2. The minimum absolute atomic E-state index is 0.0481. The van der Waals surface area contributed by atoms with E-state index in [1.807, 2.05) is 30.3 Å². The van der Waals surface area contributed by atoms with Gasteiger partial charge in [-0.2, -0.15) is 0 Å². The summed E-state index contributed by atoms with van der Waals surface area (Å²) in [4.78, 5) is 13.6. The van der Waals surface area contributed by atoms with E-state index in [2.05, 4.69) is 0 Å². The quantitative estimate of drug-likeness (QED) is 0.476. The zero-order valence-electron chi connectivity index (χ0n) is 16.1. The Kier molecular flexibility index (Phi) is 4.92. The third kappa shape index (κ3) is 3.02. The lowest BCUT2D eigenvalue weighted by atomic mass is 9.91. The van der Waals surface area contributed by atoms with E-state index in [9.17, 15) is 15.0 Å². The molecule has 1 aliphatic heterocycles. The molecule has 0 saturated carbocycles. The van der Waals surface area contributed by atoms with Crippen LogP contribution >= 0.6 is 11.8 Å². The van der Waals surface area contributed by atoms with Gasteiger partial charge in [0.25, 0.3) is 0 Å². The number of phenols is 2. The number of phenolic OH excluding ortho intramolecular Hbond substituents is 2. The zero-order chi connectivity index (χ0) is 20.7. The first-order valence-corrected chi connectivity index (χ1v) is 9.91. The number of hydrogen-bond acceptors (Lipinski definition) is 7. The Morgan fingerprint density at radius 2 is 1.52 bits per heavy atom. The summed E-state index contributed by atoms with van der Waals surface area (Å²) in [5, 5.41) is 22.4. The van der Waals surface area contributed by atoms with Gasteiger partial charge in [0.1, 0.15) is 34.7 Å². The number of carbonyl (C=O) groups is 1. The maximum atomic E-state index is 12.7.